The Morgan fingerprint density at radius 1 is 1.23 bits per heavy atom. The lowest BCUT2D eigenvalue weighted by molar-refractivity contribution is -0.139. The van der Waals surface area contributed by atoms with Gasteiger partial charge in [0.2, 0.25) is 5.91 Å². The van der Waals surface area contributed by atoms with Gasteiger partial charge in [0.25, 0.3) is 0 Å². The second kappa shape index (κ2) is 8.66. The van der Waals surface area contributed by atoms with Gasteiger partial charge in [-0.1, -0.05) is 35.0 Å². The number of fused-ring (bicyclic) bond motifs is 1. The molecule has 0 radical (unpaired) electrons. The lowest BCUT2D eigenvalue weighted by atomic mass is 9.81. The molecule has 0 unspecified atom stereocenters. The van der Waals surface area contributed by atoms with E-state index in [1.54, 1.807) is 12.1 Å². The van der Waals surface area contributed by atoms with Crippen molar-refractivity contribution in [1.82, 2.24) is 15.1 Å². The molecule has 1 aromatic carbocycles. The summed E-state index contributed by atoms with van der Waals surface area (Å²) in [5.41, 5.74) is 0.596. The maximum absolute atomic E-state index is 13.0. The zero-order chi connectivity index (χ0) is 21.3. The van der Waals surface area contributed by atoms with E-state index >= 15 is 0 Å². The van der Waals surface area contributed by atoms with Crippen LogP contribution in [-0.4, -0.2) is 66.7 Å². The molecule has 3 saturated heterocycles. The number of amides is 3. The minimum Gasteiger partial charge on any atom is -0.366 e. The van der Waals surface area contributed by atoms with Crippen molar-refractivity contribution < 1.29 is 14.3 Å². The maximum atomic E-state index is 13.0. The van der Waals surface area contributed by atoms with E-state index in [0.29, 0.717) is 36.2 Å². The van der Waals surface area contributed by atoms with Gasteiger partial charge < -0.3 is 19.9 Å². The summed E-state index contributed by atoms with van der Waals surface area (Å²) in [4.78, 5) is 28.3. The van der Waals surface area contributed by atoms with Gasteiger partial charge in [0.1, 0.15) is 6.61 Å². The van der Waals surface area contributed by atoms with Gasteiger partial charge >= 0.3 is 6.03 Å². The molecule has 3 aliphatic heterocycles. The second-order valence-corrected chi connectivity index (χ2v) is 9.31. The number of ether oxygens (including phenoxy) is 1. The van der Waals surface area contributed by atoms with Gasteiger partial charge in [-0.2, -0.15) is 0 Å². The monoisotopic (exact) mass is 449 g/mol. The standard InChI is InChI=1S/C22H25Cl2N3O3/c1-22(6-4-15-2-3-16(23)12-17(15)24)7-10-26(11-8-22)21(29)27-9-5-19-18(13-27)25-20(28)14-30-19/h2-3,12,18-19H,5,7-11,13-14H2,1H3,(H,25,28)/t18-,19+/m1/s1. The highest BCUT2D eigenvalue weighted by molar-refractivity contribution is 6.35. The molecule has 3 fully saturated rings. The number of likely N-dealkylation sites (tertiary alicyclic amines) is 2. The van der Waals surface area contributed by atoms with Crippen LogP contribution >= 0.6 is 23.2 Å². The summed E-state index contributed by atoms with van der Waals surface area (Å²) in [6, 6.07) is 5.22. The average molecular weight is 450 g/mol. The van der Waals surface area contributed by atoms with Crippen molar-refractivity contribution in [3.8, 4) is 11.8 Å². The Kier molecular flexibility index (Phi) is 6.15. The molecule has 3 aliphatic rings. The molecule has 1 aromatic rings. The van der Waals surface area contributed by atoms with Gasteiger partial charge in [-0.15, -0.1) is 0 Å². The van der Waals surface area contributed by atoms with Crippen molar-refractivity contribution in [2.75, 3.05) is 32.8 Å². The fourth-order valence-electron chi connectivity index (χ4n) is 4.20. The summed E-state index contributed by atoms with van der Waals surface area (Å²) in [5, 5.41) is 4.09. The molecule has 4 rings (SSSR count). The zero-order valence-electron chi connectivity index (χ0n) is 16.9. The first-order valence-electron chi connectivity index (χ1n) is 10.3. The molecule has 0 saturated carbocycles. The number of carbonyl (C=O) groups is 2. The van der Waals surface area contributed by atoms with Crippen molar-refractivity contribution in [3.05, 3.63) is 33.8 Å². The number of halogens is 2. The van der Waals surface area contributed by atoms with E-state index in [2.05, 4.69) is 24.1 Å². The summed E-state index contributed by atoms with van der Waals surface area (Å²) in [5.74, 6) is 6.43. The normalized spacial score (nSPS) is 25.6. The van der Waals surface area contributed by atoms with Gasteiger partial charge in [-0.25, -0.2) is 4.79 Å². The van der Waals surface area contributed by atoms with Gasteiger partial charge in [0.05, 0.1) is 17.2 Å². The number of nitrogens with one attached hydrogen (secondary N) is 1. The molecule has 30 heavy (non-hydrogen) atoms. The lowest BCUT2D eigenvalue weighted by Gasteiger charge is -2.44. The van der Waals surface area contributed by atoms with E-state index in [-0.39, 0.29) is 36.1 Å². The first kappa shape index (κ1) is 21.3. The van der Waals surface area contributed by atoms with Crippen LogP contribution in [0, 0.1) is 17.3 Å². The highest BCUT2D eigenvalue weighted by Gasteiger charge is 2.39. The van der Waals surface area contributed by atoms with Crippen molar-refractivity contribution in [1.29, 1.82) is 0 Å². The molecule has 0 spiro atoms. The van der Waals surface area contributed by atoms with Crippen LogP contribution in [0.15, 0.2) is 18.2 Å². The molecule has 160 valence electrons. The number of benzene rings is 1. The van der Waals surface area contributed by atoms with E-state index < -0.39 is 0 Å². The minimum absolute atomic E-state index is 0.00589. The molecule has 0 aromatic heterocycles. The number of urea groups is 1. The molecule has 0 bridgehead atoms. The van der Waals surface area contributed by atoms with Gasteiger partial charge in [0.15, 0.2) is 0 Å². The summed E-state index contributed by atoms with van der Waals surface area (Å²) in [7, 11) is 0. The topological polar surface area (TPSA) is 61.9 Å². The number of piperidine rings is 2. The van der Waals surface area contributed by atoms with Crippen LogP contribution in [0.4, 0.5) is 4.79 Å². The molecular formula is C22H25Cl2N3O3. The number of carbonyl (C=O) groups excluding carboxylic acids is 2. The fourth-order valence-corrected chi connectivity index (χ4v) is 4.65. The number of morpholine rings is 1. The fraction of sp³-hybridized carbons (Fsp3) is 0.545. The van der Waals surface area contributed by atoms with Crippen LogP contribution in [0.3, 0.4) is 0 Å². The highest BCUT2D eigenvalue weighted by atomic mass is 35.5. The first-order valence-corrected chi connectivity index (χ1v) is 11.0. The Labute approximate surface area is 186 Å². The van der Waals surface area contributed by atoms with Crippen molar-refractivity contribution in [3.63, 3.8) is 0 Å². The van der Waals surface area contributed by atoms with Gasteiger partial charge in [-0.3, -0.25) is 4.79 Å². The van der Waals surface area contributed by atoms with Crippen molar-refractivity contribution in [2.24, 2.45) is 5.41 Å². The van der Waals surface area contributed by atoms with E-state index in [9.17, 15) is 9.59 Å². The van der Waals surface area contributed by atoms with Crippen LogP contribution in [0.1, 0.15) is 31.7 Å². The summed E-state index contributed by atoms with van der Waals surface area (Å²) < 4.78 is 5.58. The minimum atomic E-state index is -0.169. The quantitative estimate of drug-likeness (QED) is 0.618. The Bertz CT molecular complexity index is 903. The van der Waals surface area contributed by atoms with Crippen LogP contribution in [0.25, 0.3) is 0 Å². The number of rotatable bonds is 0. The predicted molar refractivity (Wildman–Crippen MR) is 116 cm³/mol. The molecule has 1 N–H and O–H groups in total. The third-order valence-electron chi connectivity index (χ3n) is 6.16. The van der Waals surface area contributed by atoms with Gasteiger partial charge in [-0.05, 0) is 44.4 Å². The van der Waals surface area contributed by atoms with Crippen LogP contribution in [0.5, 0.6) is 0 Å². The highest BCUT2D eigenvalue weighted by Crippen LogP contribution is 2.31. The third-order valence-corrected chi connectivity index (χ3v) is 6.71. The number of hydrogen-bond acceptors (Lipinski definition) is 3. The molecule has 3 heterocycles. The Balaban J connectivity index is 1.34. The Morgan fingerprint density at radius 2 is 2.00 bits per heavy atom. The number of hydrogen-bond donors (Lipinski definition) is 1. The third kappa shape index (κ3) is 4.69. The summed E-state index contributed by atoms with van der Waals surface area (Å²) in [6.07, 6.45) is 2.36. The first-order chi connectivity index (χ1) is 14.3. The van der Waals surface area contributed by atoms with E-state index in [1.807, 2.05) is 15.9 Å². The molecule has 3 amide bonds. The molecule has 6 nitrogen and oxygen atoms in total. The van der Waals surface area contributed by atoms with Crippen molar-refractivity contribution >= 4 is 35.1 Å². The number of nitrogens with zero attached hydrogens (tertiary/aromatic N) is 2. The van der Waals surface area contributed by atoms with Crippen LogP contribution < -0.4 is 5.32 Å². The van der Waals surface area contributed by atoms with E-state index in [1.165, 1.54) is 0 Å². The summed E-state index contributed by atoms with van der Waals surface area (Å²) >= 11 is 12.2. The Morgan fingerprint density at radius 3 is 2.73 bits per heavy atom. The maximum Gasteiger partial charge on any atom is 0.320 e. The van der Waals surface area contributed by atoms with Crippen molar-refractivity contribution in [2.45, 2.75) is 38.3 Å². The molecule has 8 heteroatoms. The smallest absolute Gasteiger partial charge is 0.320 e. The molecule has 0 aliphatic carbocycles. The zero-order valence-corrected chi connectivity index (χ0v) is 18.4. The average Bonchev–Trinajstić information content (AvgIpc) is 2.72. The molecule has 2 atom stereocenters. The Hall–Kier alpha value is -1.94. The lowest BCUT2D eigenvalue weighted by Crippen LogP contribution is -2.62. The van der Waals surface area contributed by atoms with E-state index in [4.69, 9.17) is 27.9 Å². The largest absolute Gasteiger partial charge is 0.366 e. The van der Waals surface area contributed by atoms with E-state index in [0.717, 1.165) is 24.8 Å². The molecular weight excluding hydrogens is 425 g/mol. The second-order valence-electron chi connectivity index (χ2n) is 8.46. The van der Waals surface area contributed by atoms with Gasteiger partial charge in [0, 0.05) is 42.2 Å². The predicted octanol–water partition coefficient (Wildman–Crippen LogP) is 3.16. The van der Waals surface area contributed by atoms with Crippen LogP contribution in [0.2, 0.25) is 10.0 Å². The summed E-state index contributed by atoms with van der Waals surface area (Å²) in [6.45, 7) is 4.71. The van der Waals surface area contributed by atoms with Crippen LogP contribution in [-0.2, 0) is 9.53 Å². The SMILES string of the molecule is CC1(C#Cc2ccc(Cl)cc2Cl)CCN(C(=O)N2CC[C@@H]3OCC(=O)N[C@@H]3C2)CC1.